The van der Waals surface area contributed by atoms with Crippen LogP contribution in [0.15, 0.2) is 18.2 Å². The molecule has 0 fully saturated rings. The number of rotatable bonds is 6. The van der Waals surface area contributed by atoms with Crippen molar-refractivity contribution in [1.29, 1.82) is 0 Å². The Morgan fingerprint density at radius 3 is 2.45 bits per heavy atom. The molecule has 20 heavy (non-hydrogen) atoms. The van der Waals surface area contributed by atoms with Crippen molar-refractivity contribution in [3.05, 3.63) is 29.6 Å². The number of benzene rings is 1. The maximum Gasteiger partial charge on any atom is 0.342 e. The smallest absolute Gasteiger partial charge is 0.342 e. The molecule has 0 aromatic heterocycles. The Morgan fingerprint density at radius 2 is 1.95 bits per heavy atom. The Hall–Kier alpha value is -2.11. The minimum atomic E-state index is -1.43. The van der Waals surface area contributed by atoms with Gasteiger partial charge < -0.3 is 14.7 Å². The van der Waals surface area contributed by atoms with Crippen molar-refractivity contribution >= 4 is 11.9 Å². The van der Waals surface area contributed by atoms with Crippen molar-refractivity contribution in [2.45, 2.75) is 26.9 Å². The molecular weight excluding hydrogens is 265 g/mol. The maximum absolute atomic E-state index is 13.5. The second-order valence-electron chi connectivity index (χ2n) is 4.19. The zero-order chi connectivity index (χ0) is 15.3. The lowest BCUT2D eigenvalue weighted by molar-refractivity contribution is -0.137. The highest BCUT2D eigenvalue weighted by Crippen LogP contribution is 2.23. The van der Waals surface area contributed by atoms with Gasteiger partial charge in [-0.25, -0.2) is 9.18 Å². The number of hydrogen-bond donors (Lipinski definition) is 1. The summed E-state index contributed by atoms with van der Waals surface area (Å²) >= 11 is 0. The summed E-state index contributed by atoms with van der Waals surface area (Å²) in [5.41, 5.74) is -0.563. The highest BCUT2D eigenvalue weighted by molar-refractivity contribution is 5.91. The minimum absolute atomic E-state index is 0.148. The average molecular weight is 283 g/mol. The summed E-state index contributed by atoms with van der Waals surface area (Å²) in [6.07, 6.45) is -0.880. The van der Waals surface area contributed by atoms with Crippen LogP contribution in [0.1, 0.15) is 31.1 Å². The van der Waals surface area contributed by atoms with Gasteiger partial charge in [0.25, 0.3) is 5.91 Å². The second-order valence-corrected chi connectivity index (χ2v) is 4.19. The highest BCUT2D eigenvalue weighted by Gasteiger charge is 2.23. The van der Waals surface area contributed by atoms with Crippen LogP contribution in [0.4, 0.5) is 4.39 Å². The van der Waals surface area contributed by atoms with E-state index in [1.807, 2.05) is 13.8 Å². The maximum atomic E-state index is 13.5. The lowest BCUT2D eigenvalue weighted by atomic mass is 10.2. The number of nitrogens with zero attached hydrogens (tertiary/aromatic N) is 1. The molecule has 0 radical (unpaired) electrons. The molecule has 0 aliphatic heterocycles. The molecule has 1 amide bonds. The molecule has 1 aromatic carbocycles. The Bertz CT molecular complexity index is 500. The van der Waals surface area contributed by atoms with Crippen molar-refractivity contribution in [3.63, 3.8) is 0 Å². The van der Waals surface area contributed by atoms with Crippen LogP contribution in [0, 0.1) is 5.82 Å². The molecule has 110 valence electrons. The van der Waals surface area contributed by atoms with E-state index in [1.165, 1.54) is 19.1 Å². The Kier molecular flexibility index (Phi) is 5.49. The summed E-state index contributed by atoms with van der Waals surface area (Å²) in [6.45, 7) is 6.23. The van der Waals surface area contributed by atoms with Gasteiger partial charge in [-0.05, 0) is 32.9 Å². The van der Waals surface area contributed by atoms with E-state index in [4.69, 9.17) is 9.84 Å². The standard InChI is InChI=1S/C14H18FNO4/c1-4-16(5-2)13(17)9(3)20-11-8-6-7-10(15)12(11)14(18)19/h6-9H,4-5H2,1-3H3,(H,18,19). The van der Waals surface area contributed by atoms with Crippen LogP contribution in [0.3, 0.4) is 0 Å². The Labute approximate surface area is 117 Å². The molecule has 1 unspecified atom stereocenters. The van der Waals surface area contributed by atoms with Crippen molar-refractivity contribution in [2.24, 2.45) is 0 Å². The van der Waals surface area contributed by atoms with Gasteiger partial charge in [0, 0.05) is 13.1 Å². The molecule has 1 rings (SSSR count). The monoisotopic (exact) mass is 283 g/mol. The number of aromatic carboxylic acids is 1. The van der Waals surface area contributed by atoms with E-state index in [0.717, 1.165) is 6.07 Å². The van der Waals surface area contributed by atoms with Crippen LogP contribution in [-0.4, -0.2) is 41.1 Å². The van der Waals surface area contributed by atoms with Crippen LogP contribution in [0.5, 0.6) is 5.75 Å². The molecule has 0 aliphatic rings. The first kappa shape index (κ1) is 15.9. The SMILES string of the molecule is CCN(CC)C(=O)C(C)Oc1cccc(F)c1C(=O)O. The van der Waals surface area contributed by atoms with E-state index >= 15 is 0 Å². The number of carboxylic acids is 1. The molecule has 1 atom stereocenters. The Morgan fingerprint density at radius 1 is 1.35 bits per heavy atom. The van der Waals surface area contributed by atoms with E-state index in [9.17, 15) is 14.0 Å². The predicted molar refractivity (Wildman–Crippen MR) is 71.4 cm³/mol. The summed E-state index contributed by atoms with van der Waals surface area (Å²) in [7, 11) is 0. The molecule has 1 N–H and O–H groups in total. The third-order valence-corrected chi connectivity index (χ3v) is 2.92. The summed E-state index contributed by atoms with van der Waals surface area (Å²) in [5, 5.41) is 8.98. The molecule has 0 spiro atoms. The van der Waals surface area contributed by atoms with Crippen LogP contribution in [0.25, 0.3) is 0 Å². The summed E-state index contributed by atoms with van der Waals surface area (Å²) in [6, 6.07) is 3.71. The van der Waals surface area contributed by atoms with Crippen molar-refractivity contribution in [3.8, 4) is 5.75 Å². The molecule has 0 saturated heterocycles. The van der Waals surface area contributed by atoms with E-state index in [2.05, 4.69) is 0 Å². The number of amides is 1. The number of ether oxygens (including phenoxy) is 1. The van der Waals surface area contributed by atoms with E-state index in [0.29, 0.717) is 13.1 Å². The molecule has 0 bridgehead atoms. The topological polar surface area (TPSA) is 66.8 Å². The van der Waals surface area contributed by atoms with Gasteiger partial charge in [0.05, 0.1) is 0 Å². The lowest BCUT2D eigenvalue weighted by Gasteiger charge is -2.23. The van der Waals surface area contributed by atoms with Gasteiger partial charge in [-0.3, -0.25) is 4.79 Å². The third-order valence-electron chi connectivity index (χ3n) is 2.92. The van der Waals surface area contributed by atoms with Gasteiger partial charge in [-0.15, -0.1) is 0 Å². The third kappa shape index (κ3) is 3.46. The molecule has 0 heterocycles. The summed E-state index contributed by atoms with van der Waals surface area (Å²) < 4.78 is 18.8. The quantitative estimate of drug-likeness (QED) is 0.868. The largest absolute Gasteiger partial charge is 0.480 e. The minimum Gasteiger partial charge on any atom is -0.480 e. The molecule has 0 aliphatic carbocycles. The van der Waals surface area contributed by atoms with Gasteiger partial charge in [-0.2, -0.15) is 0 Å². The van der Waals surface area contributed by atoms with Crippen molar-refractivity contribution < 1.29 is 23.8 Å². The molecule has 5 nitrogen and oxygen atoms in total. The fraction of sp³-hybridized carbons (Fsp3) is 0.429. The first-order valence-electron chi connectivity index (χ1n) is 6.39. The van der Waals surface area contributed by atoms with Crippen LogP contribution in [-0.2, 0) is 4.79 Å². The zero-order valence-corrected chi connectivity index (χ0v) is 11.7. The molecule has 6 heteroatoms. The number of hydrogen-bond acceptors (Lipinski definition) is 3. The number of carboxylic acid groups (broad SMARTS) is 1. The number of halogens is 1. The second kappa shape index (κ2) is 6.88. The number of likely N-dealkylation sites (N-methyl/N-ethyl adjacent to an activating group) is 1. The molecular formula is C14H18FNO4. The molecule has 0 saturated carbocycles. The molecule has 1 aromatic rings. The van der Waals surface area contributed by atoms with Crippen LogP contribution >= 0.6 is 0 Å². The summed E-state index contributed by atoms with van der Waals surface area (Å²) in [4.78, 5) is 24.6. The fourth-order valence-corrected chi connectivity index (χ4v) is 1.84. The van der Waals surface area contributed by atoms with Gasteiger partial charge >= 0.3 is 5.97 Å². The zero-order valence-electron chi connectivity index (χ0n) is 11.7. The first-order valence-corrected chi connectivity index (χ1v) is 6.39. The van der Waals surface area contributed by atoms with Crippen molar-refractivity contribution in [2.75, 3.05) is 13.1 Å². The predicted octanol–water partition coefficient (Wildman–Crippen LogP) is 2.16. The van der Waals surface area contributed by atoms with Crippen molar-refractivity contribution in [1.82, 2.24) is 4.90 Å². The van der Waals surface area contributed by atoms with E-state index < -0.39 is 23.5 Å². The number of carbonyl (C=O) groups excluding carboxylic acids is 1. The first-order chi connectivity index (χ1) is 9.42. The van der Waals surface area contributed by atoms with Gasteiger partial charge in [0.1, 0.15) is 17.1 Å². The van der Waals surface area contributed by atoms with Crippen LogP contribution in [0.2, 0.25) is 0 Å². The van der Waals surface area contributed by atoms with Gasteiger partial charge in [0.2, 0.25) is 0 Å². The van der Waals surface area contributed by atoms with Crippen LogP contribution < -0.4 is 4.74 Å². The normalized spacial score (nSPS) is 11.8. The lowest BCUT2D eigenvalue weighted by Crippen LogP contribution is -2.40. The fourth-order valence-electron chi connectivity index (χ4n) is 1.84. The van der Waals surface area contributed by atoms with Gasteiger partial charge in [0.15, 0.2) is 6.10 Å². The van der Waals surface area contributed by atoms with E-state index in [-0.39, 0.29) is 11.7 Å². The highest BCUT2D eigenvalue weighted by atomic mass is 19.1. The average Bonchev–Trinajstić information content (AvgIpc) is 2.39. The van der Waals surface area contributed by atoms with E-state index in [1.54, 1.807) is 4.90 Å². The summed E-state index contributed by atoms with van der Waals surface area (Å²) in [5.74, 6) is -2.74. The number of carbonyl (C=O) groups is 2. The Balaban J connectivity index is 2.96. The van der Waals surface area contributed by atoms with Gasteiger partial charge in [-0.1, -0.05) is 6.07 Å².